The summed E-state index contributed by atoms with van der Waals surface area (Å²) >= 11 is 5.74. The monoisotopic (exact) mass is 292 g/mol. The van der Waals surface area contributed by atoms with E-state index in [9.17, 15) is 9.18 Å². The fourth-order valence-electron chi connectivity index (χ4n) is 1.86. The zero-order valence-electron chi connectivity index (χ0n) is 11.2. The highest BCUT2D eigenvalue weighted by Gasteiger charge is 2.16. The number of benzene rings is 1. The first-order chi connectivity index (χ1) is 9.49. The largest absolute Gasteiger partial charge is 0.350 e. The van der Waals surface area contributed by atoms with Crippen molar-refractivity contribution in [2.75, 3.05) is 0 Å². The van der Waals surface area contributed by atoms with Crippen molar-refractivity contribution < 1.29 is 9.18 Å². The van der Waals surface area contributed by atoms with Crippen LogP contribution in [-0.2, 0) is 0 Å². The van der Waals surface area contributed by atoms with Gasteiger partial charge in [0.1, 0.15) is 5.82 Å². The molecule has 2 aromatic rings. The number of halogens is 2. The molecule has 0 spiro atoms. The van der Waals surface area contributed by atoms with Gasteiger partial charge in [-0.25, -0.2) is 4.39 Å². The lowest BCUT2D eigenvalue weighted by molar-refractivity contribution is 0.0943. The zero-order valence-corrected chi connectivity index (χ0v) is 11.9. The average Bonchev–Trinajstić information content (AvgIpc) is 2.38. The maximum atomic E-state index is 14.0. The summed E-state index contributed by atoms with van der Waals surface area (Å²) in [5, 5.41) is 3.09. The van der Waals surface area contributed by atoms with E-state index >= 15 is 0 Å². The molecule has 1 aromatic carbocycles. The summed E-state index contributed by atoms with van der Waals surface area (Å²) in [7, 11) is 0. The van der Waals surface area contributed by atoms with E-state index in [-0.39, 0.29) is 11.9 Å². The maximum Gasteiger partial charge on any atom is 0.253 e. The molecule has 5 heteroatoms. The molecule has 1 N–H and O–H groups in total. The molecular weight excluding hydrogens is 279 g/mol. The highest BCUT2D eigenvalue weighted by Crippen LogP contribution is 2.27. The molecule has 20 heavy (non-hydrogen) atoms. The van der Waals surface area contributed by atoms with Crippen molar-refractivity contribution in [1.82, 2.24) is 10.3 Å². The summed E-state index contributed by atoms with van der Waals surface area (Å²) in [4.78, 5) is 16.1. The summed E-state index contributed by atoms with van der Waals surface area (Å²) < 4.78 is 14.0. The third-order valence-corrected chi connectivity index (χ3v) is 2.94. The van der Waals surface area contributed by atoms with Crippen LogP contribution in [0.2, 0.25) is 5.02 Å². The molecule has 0 fully saturated rings. The van der Waals surface area contributed by atoms with Gasteiger partial charge in [0.05, 0.1) is 5.56 Å². The molecular formula is C15H14ClFN2O. The first-order valence-corrected chi connectivity index (χ1v) is 6.57. The van der Waals surface area contributed by atoms with Gasteiger partial charge in [0.15, 0.2) is 0 Å². The maximum absolute atomic E-state index is 14.0. The van der Waals surface area contributed by atoms with Gasteiger partial charge in [0.25, 0.3) is 5.91 Å². The Labute approximate surface area is 121 Å². The minimum absolute atomic E-state index is 0.00868. The van der Waals surface area contributed by atoms with Crippen molar-refractivity contribution in [1.29, 1.82) is 0 Å². The van der Waals surface area contributed by atoms with E-state index in [1.54, 1.807) is 18.2 Å². The molecule has 1 heterocycles. The highest BCUT2D eigenvalue weighted by atomic mass is 35.5. The number of aromatic nitrogens is 1. The molecule has 1 aromatic heterocycles. The minimum atomic E-state index is -0.470. The van der Waals surface area contributed by atoms with Crippen molar-refractivity contribution in [2.24, 2.45) is 0 Å². The number of nitrogens with one attached hydrogen (secondary N) is 1. The number of amides is 1. The van der Waals surface area contributed by atoms with Gasteiger partial charge in [-0.1, -0.05) is 11.6 Å². The smallest absolute Gasteiger partial charge is 0.253 e. The van der Waals surface area contributed by atoms with Crippen LogP contribution in [0.1, 0.15) is 24.2 Å². The van der Waals surface area contributed by atoms with Gasteiger partial charge < -0.3 is 5.32 Å². The van der Waals surface area contributed by atoms with E-state index in [4.69, 9.17) is 11.6 Å². The van der Waals surface area contributed by atoms with E-state index in [1.165, 1.54) is 18.5 Å². The Kier molecular flexibility index (Phi) is 4.35. The standard InChI is InChI=1S/C15H14ClFN2O/c1-9(2)19-15(20)13-8-18-6-5-11(13)12-4-3-10(16)7-14(12)17/h3-9H,1-2H3,(H,19,20). The normalized spacial score (nSPS) is 10.7. The Morgan fingerprint density at radius 3 is 2.70 bits per heavy atom. The second-order valence-corrected chi connectivity index (χ2v) is 5.11. The molecule has 104 valence electrons. The number of hydrogen-bond donors (Lipinski definition) is 1. The van der Waals surface area contributed by atoms with Crippen molar-refractivity contribution in [2.45, 2.75) is 19.9 Å². The van der Waals surface area contributed by atoms with Crippen LogP contribution in [-0.4, -0.2) is 16.9 Å². The van der Waals surface area contributed by atoms with Crippen molar-refractivity contribution in [3.63, 3.8) is 0 Å². The van der Waals surface area contributed by atoms with Crippen molar-refractivity contribution in [3.05, 3.63) is 53.1 Å². The van der Waals surface area contributed by atoms with E-state index in [0.29, 0.717) is 21.7 Å². The molecule has 0 bridgehead atoms. The molecule has 0 unspecified atom stereocenters. The second kappa shape index (κ2) is 6.01. The number of hydrogen-bond acceptors (Lipinski definition) is 2. The molecule has 0 saturated heterocycles. The Hall–Kier alpha value is -1.94. The molecule has 0 atom stereocenters. The van der Waals surface area contributed by atoms with Gasteiger partial charge >= 0.3 is 0 Å². The van der Waals surface area contributed by atoms with Crippen LogP contribution in [0.25, 0.3) is 11.1 Å². The van der Waals surface area contributed by atoms with E-state index in [0.717, 1.165) is 0 Å². The Morgan fingerprint density at radius 2 is 2.05 bits per heavy atom. The van der Waals surface area contributed by atoms with E-state index in [2.05, 4.69) is 10.3 Å². The minimum Gasteiger partial charge on any atom is -0.350 e. The number of carbonyl (C=O) groups is 1. The Bertz CT molecular complexity index is 644. The lowest BCUT2D eigenvalue weighted by Gasteiger charge is -2.12. The summed E-state index contributed by atoms with van der Waals surface area (Å²) in [5.41, 5.74) is 1.15. The predicted molar refractivity (Wildman–Crippen MR) is 77.2 cm³/mol. The molecule has 0 radical (unpaired) electrons. The van der Waals surface area contributed by atoms with E-state index in [1.807, 2.05) is 13.8 Å². The summed E-state index contributed by atoms with van der Waals surface area (Å²) in [6.07, 6.45) is 2.95. The lowest BCUT2D eigenvalue weighted by Crippen LogP contribution is -2.30. The molecule has 3 nitrogen and oxygen atoms in total. The number of nitrogens with zero attached hydrogens (tertiary/aromatic N) is 1. The lowest BCUT2D eigenvalue weighted by atomic mass is 10.0. The van der Waals surface area contributed by atoms with Crippen LogP contribution >= 0.6 is 11.6 Å². The van der Waals surface area contributed by atoms with E-state index < -0.39 is 5.82 Å². The first kappa shape index (κ1) is 14.5. The van der Waals surface area contributed by atoms with Crippen LogP contribution < -0.4 is 5.32 Å². The third-order valence-electron chi connectivity index (χ3n) is 2.71. The third kappa shape index (κ3) is 3.14. The van der Waals surface area contributed by atoms with Crippen LogP contribution in [0, 0.1) is 5.82 Å². The van der Waals surface area contributed by atoms with Crippen LogP contribution in [0.3, 0.4) is 0 Å². The summed E-state index contributed by atoms with van der Waals surface area (Å²) in [6.45, 7) is 3.72. The molecule has 2 rings (SSSR count). The average molecular weight is 293 g/mol. The number of rotatable bonds is 3. The van der Waals surface area contributed by atoms with Gasteiger partial charge in [-0.05, 0) is 38.1 Å². The van der Waals surface area contributed by atoms with Crippen LogP contribution in [0.4, 0.5) is 4.39 Å². The van der Waals surface area contributed by atoms with Crippen molar-refractivity contribution >= 4 is 17.5 Å². The topological polar surface area (TPSA) is 42.0 Å². The highest BCUT2D eigenvalue weighted by molar-refractivity contribution is 6.30. The van der Waals surface area contributed by atoms with Crippen LogP contribution in [0.5, 0.6) is 0 Å². The van der Waals surface area contributed by atoms with Crippen LogP contribution in [0.15, 0.2) is 36.7 Å². The predicted octanol–water partition coefficient (Wildman–Crippen LogP) is 3.68. The Morgan fingerprint density at radius 1 is 1.30 bits per heavy atom. The fraction of sp³-hybridized carbons (Fsp3) is 0.200. The molecule has 0 aliphatic carbocycles. The molecule has 1 amide bonds. The second-order valence-electron chi connectivity index (χ2n) is 4.67. The first-order valence-electron chi connectivity index (χ1n) is 6.19. The zero-order chi connectivity index (χ0) is 14.7. The molecule has 0 aliphatic rings. The fourth-order valence-corrected chi connectivity index (χ4v) is 2.02. The quantitative estimate of drug-likeness (QED) is 0.937. The number of pyridine rings is 1. The summed E-state index contributed by atoms with van der Waals surface area (Å²) in [6, 6.07) is 5.97. The summed E-state index contributed by atoms with van der Waals surface area (Å²) in [5.74, 6) is -0.750. The Balaban J connectivity index is 2.49. The SMILES string of the molecule is CC(C)NC(=O)c1cnccc1-c1ccc(Cl)cc1F. The molecule has 0 aliphatic heterocycles. The van der Waals surface area contributed by atoms with Gasteiger partial charge in [-0.3, -0.25) is 9.78 Å². The molecule has 0 saturated carbocycles. The van der Waals surface area contributed by atoms with Gasteiger partial charge in [-0.2, -0.15) is 0 Å². The van der Waals surface area contributed by atoms with Gasteiger partial charge in [0, 0.05) is 34.6 Å². The van der Waals surface area contributed by atoms with Crippen molar-refractivity contribution in [3.8, 4) is 11.1 Å². The van der Waals surface area contributed by atoms with Gasteiger partial charge in [-0.15, -0.1) is 0 Å². The van der Waals surface area contributed by atoms with Gasteiger partial charge in [0.2, 0.25) is 0 Å². The number of carbonyl (C=O) groups excluding carboxylic acids is 1.